The number of carbonyl (C=O) groups is 3. The van der Waals surface area contributed by atoms with Crippen molar-refractivity contribution in [2.45, 2.75) is 82.2 Å². The number of hydrogen-bond acceptors (Lipinski definition) is 9. The van der Waals surface area contributed by atoms with Crippen molar-refractivity contribution in [3.8, 4) is 45.5 Å². The first-order valence-corrected chi connectivity index (χ1v) is 20.7. The maximum atomic E-state index is 13.3. The van der Waals surface area contributed by atoms with Gasteiger partial charge >= 0.3 is 12.6 Å². The zero-order valence-electron chi connectivity index (χ0n) is 34.8. The number of aryl methyl sites for hydroxylation is 2. The van der Waals surface area contributed by atoms with Crippen molar-refractivity contribution in [3.63, 3.8) is 0 Å². The van der Waals surface area contributed by atoms with E-state index in [-0.39, 0.29) is 53.0 Å². The van der Waals surface area contributed by atoms with Crippen molar-refractivity contribution in [2.24, 2.45) is 0 Å². The van der Waals surface area contributed by atoms with E-state index in [2.05, 4.69) is 28.9 Å². The van der Waals surface area contributed by atoms with Crippen LogP contribution >= 0.6 is 0 Å². The molecule has 6 aromatic rings. The first-order valence-electron chi connectivity index (χ1n) is 20.7. The van der Waals surface area contributed by atoms with E-state index in [0.29, 0.717) is 70.7 Å². The molecular formula is C50H38F6N2O7. The number of hydrogen-bond donors (Lipinski definition) is 0. The maximum Gasteiger partial charge on any atom is 0.586 e. The molecule has 4 heterocycles. The average Bonchev–Trinajstić information content (AvgIpc) is 4.21. The molecule has 2 fully saturated rings. The van der Waals surface area contributed by atoms with Crippen LogP contribution in [0.1, 0.15) is 81.7 Å². The van der Waals surface area contributed by atoms with E-state index in [4.69, 9.17) is 0 Å². The number of ether oxygens (including phenoxy) is 4. The molecule has 0 spiro atoms. The molecule has 0 atom stereocenters. The molecule has 0 N–H and O–H groups in total. The van der Waals surface area contributed by atoms with Gasteiger partial charge in [0.2, 0.25) is 0 Å². The van der Waals surface area contributed by atoms with Gasteiger partial charge in [0.25, 0.3) is 6.43 Å². The second-order valence-electron chi connectivity index (χ2n) is 16.6. The summed E-state index contributed by atoms with van der Waals surface area (Å²) in [6, 6.07) is 29.4. The van der Waals surface area contributed by atoms with E-state index in [1.807, 2.05) is 38.1 Å². The Morgan fingerprint density at radius 3 is 1.48 bits per heavy atom. The van der Waals surface area contributed by atoms with Gasteiger partial charge < -0.3 is 18.9 Å². The predicted molar refractivity (Wildman–Crippen MR) is 224 cm³/mol. The molecule has 0 saturated heterocycles. The van der Waals surface area contributed by atoms with Gasteiger partial charge in [-0.25, -0.2) is 8.78 Å². The standard InChI is InChI=1S/C25H19F4NO3.C25H19F2NO4/c1-14-5-7-18(30-22(14)15-3-2-4-16(11-15)23(26)27)13-21(31)24(9-10-24)17-6-8-19-20(12-17)33-25(28,29)32-19;1-15-5-7-19(28-23(15)17-4-2-3-16(11-17)14-29)13-22(30)24(9-10-24)18-6-8-20-21(12-18)32-25(26,27)31-20/h2-8,11-12,23H,9-10,13H2,1H3;2-8,11-12,14H,9-10,13H2,1H3. The summed E-state index contributed by atoms with van der Waals surface area (Å²) < 4.78 is 97.6. The monoisotopic (exact) mass is 892 g/mol. The highest BCUT2D eigenvalue weighted by Crippen LogP contribution is 2.54. The lowest BCUT2D eigenvalue weighted by atomic mass is 9.88. The summed E-state index contributed by atoms with van der Waals surface area (Å²) in [6.45, 7) is 3.75. The normalized spacial score (nSPS) is 17.2. The quantitative estimate of drug-likeness (QED) is 0.0875. The number of benzene rings is 4. The van der Waals surface area contributed by atoms with Gasteiger partial charge in [0, 0.05) is 46.5 Å². The highest BCUT2D eigenvalue weighted by atomic mass is 19.3. The fourth-order valence-electron chi connectivity index (χ4n) is 8.37. The maximum absolute atomic E-state index is 13.3. The minimum absolute atomic E-state index is 0.0212. The Labute approximate surface area is 368 Å². The molecule has 332 valence electrons. The molecule has 10 rings (SSSR count). The number of aromatic nitrogens is 2. The fraction of sp³-hybridized carbons (Fsp3) is 0.260. The van der Waals surface area contributed by atoms with E-state index >= 15 is 0 Å². The molecule has 0 bridgehead atoms. The largest absolute Gasteiger partial charge is 0.586 e. The summed E-state index contributed by atoms with van der Waals surface area (Å²) in [5.41, 5.74) is 5.68. The SMILES string of the molecule is Cc1ccc(CC(=O)C2(c3ccc4c(c3)OC(F)(F)O4)CC2)nc1-c1cccc(C(F)F)c1.Cc1ccc(CC(=O)C2(c3ccc4c(c3)OC(F)(F)O4)CC2)nc1-c1cccc(C=O)c1. The molecule has 65 heavy (non-hydrogen) atoms. The van der Waals surface area contributed by atoms with Crippen LogP contribution in [0.5, 0.6) is 23.0 Å². The van der Waals surface area contributed by atoms with Crippen molar-refractivity contribution in [1.82, 2.24) is 9.97 Å². The van der Waals surface area contributed by atoms with E-state index in [0.717, 1.165) is 23.0 Å². The van der Waals surface area contributed by atoms with Gasteiger partial charge in [0.05, 0.1) is 22.2 Å². The Kier molecular flexibility index (Phi) is 10.8. The van der Waals surface area contributed by atoms with Gasteiger partial charge in [-0.05, 0) is 110 Å². The summed E-state index contributed by atoms with van der Waals surface area (Å²) in [5, 5.41) is 0. The molecule has 4 aliphatic rings. The molecular weight excluding hydrogens is 855 g/mol. The number of pyridine rings is 2. The van der Waals surface area contributed by atoms with Gasteiger partial charge in [-0.2, -0.15) is 0 Å². The Balaban J connectivity index is 0.000000164. The van der Waals surface area contributed by atoms with Crippen LogP contribution in [0.25, 0.3) is 22.5 Å². The molecule has 2 saturated carbocycles. The number of carbonyl (C=O) groups excluding carboxylic acids is 3. The number of aldehydes is 1. The molecule has 4 aromatic carbocycles. The smallest absolute Gasteiger partial charge is 0.395 e. The van der Waals surface area contributed by atoms with Gasteiger partial charge in [-0.15, -0.1) is 17.6 Å². The van der Waals surface area contributed by atoms with E-state index < -0.39 is 29.8 Å². The predicted octanol–water partition coefficient (Wildman–Crippen LogP) is 11.2. The second-order valence-corrected chi connectivity index (χ2v) is 16.6. The summed E-state index contributed by atoms with van der Waals surface area (Å²) in [6.07, 6.45) is -6.59. The van der Waals surface area contributed by atoms with Crippen LogP contribution in [-0.4, -0.2) is 40.4 Å². The lowest BCUT2D eigenvalue weighted by Gasteiger charge is -2.16. The number of halogens is 6. The lowest BCUT2D eigenvalue weighted by Crippen LogP contribution is -2.26. The molecule has 2 aliphatic carbocycles. The highest BCUT2D eigenvalue weighted by molar-refractivity contribution is 5.95. The Bertz CT molecular complexity index is 2890. The number of ketones is 2. The Hall–Kier alpha value is -7.03. The molecule has 0 amide bonds. The number of rotatable bonds is 12. The summed E-state index contributed by atoms with van der Waals surface area (Å²) in [4.78, 5) is 46.9. The van der Waals surface area contributed by atoms with Crippen LogP contribution < -0.4 is 18.9 Å². The van der Waals surface area contributed by atoms with E-state index in [1.54, 1.807) is 48.5 Å². The number of fused-ring (bicyclic) bond motifs is 2. The molecule has 15 heteroatoms. The van der Waals surface area contributed by atoms with Crippen LogP contribution in [0.3, 0.4) is 0 Å². The van der Waals surface area contributed by atoms with Crippen molar-refractivity contribution in [2.75, 3.05) is 0 Å². The Morgan fingerprint density at radius 2 is 1.03 bits per heavy atom. The molecule has 0 unspecified atom stereocenters. The van der Waals surface area contributed by atoms with Gasteiger partial charge in [0.15, 0.2) is 23.0 Å². The third-order valence-electron chi connectivity index (χ3n) is 12.2. The summed E-state index contributed by atoms with van der Waals surface area (Å²) in [7, 11) is 0. The van der Waals surface area contributed by atoms with E-state index in [9.17, 15) is 40.7 Å². The average molecular weight is 893 g/mol. The van der Waals surface area contributed by atoms with E-state index in [1.165, 1.54) is 36.4 Å². The van der Waals surface area contributed by atoms with Crippen LogP contribution in [0.15, 0.2) is 109 Å². The third kappa shape index (κ3) is 8.66. The van der Waals surface area contributed by atoms with Crippen LogP contribution in [0, 0.1) is 13.8 Å². The zero-order valence-corrected chi connectivity index (χ0v) is 34.8. The van der Waals surface area contributed by atoms with Crippen LogP contribution in [-0.2, 0) is 33.3 Å². The van der Waals surface area contributed by atoms with Crippen molar-refractivity contribution >= 4 is 17.9 Å². The minimum atomic E-state index is -3.72. The van der Waals surface area contributed by atoms with Gasteiger partial charge in [-0.1, -0.05) is 60.7 Å². The molecule has 9 nitrogen and oxygen atoms in total. The molecule has 0 radical (unpaired) electrons. The lowest BCUT2D eigenvalue weighted by molar-refractivity contribution is -0.287. The first kappa shape index (κ1) is 43.2. The minimum Gasteiger partial charge on any atom is -0.395 e. The van der Waals surface area contributed by atoms with Crippen molar-refractivity contribution in [3.05, 3.63) is 154 Å². The molecule has 2 aliphatic heterocycles. The van der Waals surface area contributed by atoms with Gasteiger partial charge in [-0.3, -0.25) is 24.4 Å². The number of alkyl halides is 6. The van der Waals surface area contributed by atoms with Crippen LogP contribution in [0.4, 0.5) is 26.3 Å². The van der Waals surface area contributed by atoms with Crippen LogP contribution in [0.2, 0.25) is 0 Å². The third-order valence-corrected chi connectivity index (χ3v) is 12.2. The fourth-order valence-corrected chi connectivity index (χ4v) is 8.37. The van der Waals surface area contributed by atoms with Crippen molar-refractivity contribution in [1.29, 1.82) is 0 Å². The number of Topliss-reactive ketones (excluding diaryl/α,β-unsaturated/α-hetero) is 2. The summed E-state index contributed by atoms with van der Waals surface area (Å²) >= 11 is 0. The topological polar surface area (TPSA) is 114 Å². The highest BCUT2D eigenvalue weighted by Gasteiger charge is 2.53. The van der Waals surface area contributed by atoms with Gasteiger partial charge in [0.1, 0.15) is 17.9 Å². The second kappa shape index (κ2) is 16.2. The Morgan fingerprint density at radius 1 is 0.585 bits per heavy atom. The summed E-state index contributed by atoms with van der Waals surface area (Å²) in [5.74, 6) is -0.361. The molecule has 2 aromatic heterocycles. The zero-order chi connectivity index (χ0) is 45.9. The number of nitrogens with zero attached hydrogens (tertiary/aromatic N) is 2. The van der Waals surface area contributed by atoms with Crippen molar-refractivity contribution < 1.29 is 59.7 Å². The first-order chi connectivity index (χ1) is 31.0.